The zero-order chi connectivity index (χ0) is 14.0. The van der Waals surface area contributed by atoms with Gasteiger partial charge in [0.1, 0.15) is 5.70 Å². The Labute approximate surface area is 108 Å². The minimum absolute atomic E-state index is 0.0193. The number of carbonyl (C=O) groups excluding carboxylic acids is 2. The number of alkyl halides is 2. The first-order chi connectivity index (χ1) is 9.00. The SMILES string of the molecule is CN(CC(F)F)C1=CC(=O)N(c2ccccc2)C1=O. The fourth-order valence-corrected chi connectivity index (χ4v) is 1.86. The third-order valence-electron chi connectivity index (χ3n) is 2.74. The Morgan fingerprint density at radius 2 is 1.84 bits per heavy atom. The molecule has 0 atom stereocenters. The number of amides is 2. The van der Waals surface area contributed by atoms with Crippen LogP contribution in [0.3, 0.4) is 0 Å². The number of halogens is 2. The van der Waals surface area contributed by atoms with Gasteiger partial charge in [0, 0.05) is 13.1 Å². The highest BCUT2D eigenvalue weighted by atomic mass is 19.3. The molecule has 1 heterocycles. The lowest BCUT2D eigenvalue weighted by molar-refractivity contribution is -0.120. The van der Waals surface area contributed by atoms with Gasteiger partial charge in [0.15, 0.2) is 0 Å². The number of likely N-dealkylation sites (N-methyl/N-ethyl adjacent to an activating group) is 1. The summed E-state index contributed by atoms with van der Waals surface area (Å²) in [5.74, 6) is -1.10. The van der Waals surface area contributed by atoms with Crippen LogP contribution < -0.4 is 4.90 Å². The maximum Gasteiger partial charge on any atom is 0.281 e. The average molecular weight is 266 g/mol. The molecule has 0 aromatic heterocycles. The molecule has 0 saturated carbocycles. The van der Waals surface area contributed by atoms with Crippen molar-refractivity contribution in [2.45, 2.75) is 6.43 Å². The average Bonchev–Trinajstić information content (AvgIpc) is 2.65. The van der Waals surface area contributed by atoms with Gasteiger partial charge in [-0.05, 0) is 12.1 Å². The summed E-state index contributed by atoms with van der Waals surface area (Å²) in [6.45, 7) is -0.590. The topological polar surface area (TPSA) is 40.6 Å². The summed E-state index contributed by atoms with van der Waals surface area (Å²) >= 11 is 0. The van der Waals surface area contributed by atoms with Crippen molar-refractivity contribution >= 4 is 17.5 Å². The van der Waals surface area contributed by atoms with Gasteiger partial charge in [-0.15, -0.1) is 0 Å². The lowest BCUT2D eigenvalue weighted by atomic mass is 10.3. The third kappa shape index (κ3) is 2.62. The predicted molar refractivity (Wildman–Crippen MR) is 65.7 cm³/mol. The van der Waals surface area contributed by atoms with Crippen LogP contribution in [0.2, 0.25) is 0 Å². The molecule has 100 valence electrons. The van der Waals surface area contributed by atoms with Crippen LogP contribution in [0, 0.1) is 0 Å². The summed E-state index contributed by atoms with van der Waals surface area (Å²) in [4.78, 5) is 26.0. The van der Waals surface area contributed by atoms with Gasteiger partial charge >= 0.3 is 0 Å². The fraction of sp³-hybridized carbons (Fsp3) is 0.231. The predicted octanol–water partition coefficient (Wildman–Crippen LogP) is 1.64. The molecule has 1 aromatic rings. The Balaban J connectivity index is 2.22. The highest BCUT2D eigenvalue weighted by molar-refractivity contribution is 6.30. The molecule has 1 aliphatic heterocycles. The summed E-state index contributed by atoms with van der Waals surface area (Å²) in [6, 6.07) is 8.36. The van der Waals surface area contributed by atoms with E-state index >= 15 is 0 Å². The molecule has 2 rings (SSSR count). The lowest BCUT2D eigenvalue weighted by Crippen LogP contribution is -2.35. The number of imide groups is 1. The lowest BCUT2D eigenvalue weighted by Gasteiger charge is -2.20. The van der Waals surface area contributed by atoms with Crippen molar-refractivity contribution in [3.05, 3.63) is 42.1 Å². The van der Waals surface area contributed by atoms with Gasteiger partial charge in [-0.3, -0.25) is 9.59 Å². The van der Waals surface area contributed by atoms with E-state index in [1.165, 1.54) is 7.05 Å². The third-order valence-corrected chi connectivity index (χ3v) is 2.74. The molecule has 0 spiro atoms. The molecule has 0 aliphatic carbocycles. The Hall–Kier alpha value is -2.24. The summed E-state index contributed by atoms with van der Waals surface area (Å²) in [6.07, 6.45) is -1.49. The largest absolute Gasteiger partial charge is 0.364 e. The Kier molecular flexibility index (Phi) is 3.59. The summed E-state index contributed by atoms with van der Waals surface area (Å²) < 4.78 is 24.6. The van der Waals surface area contributed by atoms with Crippen LogP contribution in [0.1, 0.15) is 0 Å². The molecule has 0 radical (unpaired) electrons. The van der Waals surface area contributed by atoms with Crippen LogP contribution in [-0.2, 0) is 9.59 Å². The van der Waals surface area contributed by atoms with E-state index in [2.05, 4.69) is 0 Å². The number of hydrogen-bond donors (Lipinski definition) is 0. The highest BCUT2D eigenvalue weighted by Gasteiger charge is 2.34. The van der Waals surface area contributed by atoms with Gasteiger partial charge in [0.05, 0.1) is 12.2 Å². The second-order valence-corrected chi connectivity index (χ2v) is 4.12. The van der Waals surface area contributed by atoms with Crippen LogP contribution in [0.25, 0.3) is 0 Å². The summed E-state index contributed by atoms with van der Waals surface area (Å²) in [5, 5.41) is 0. The minimum Gasteiger partial charge on any atom is -0.364 e. The number of rotatable bonds is 4. The van der Waals surface area contributed by atoms with Crippen LogP contribution in [0.5, 0.6) is 0 Å². The number of nitrogens with zero attached hydrogens (tertiary/aromatic N) is 2. The number of para-hydroxylation sites is 1. The number of benzene rings is 1. The standard InChI is InChI=1S/C13H12F2N2O2/c1-16(8-11(14)15)10-7-12(18)17(13(10)19)9-5-3-2-4-6-9/h2-7,11H,8H2,1H3. The van der Waals surface area contributed by atoms with E-state index in [0.717, 1.165) is 15.9 Å². The summed E-state index contributed by atoms with van der Waals surface area (Å²) in [7, 11) is 1.36. The summed E-state index contributed by atoms with van der Waals surface area (Å²) in [5.41, 5.74) is 0.406. The van der Waals surface area contributed by atoms with Gasteiger partial charge in [-0.1, -0.05) is 18.2 Å². The maximum atomic E-state index is 12.3. The number of anilines is 1. The molecular formula is C13H12F2N2O2. The van der Waals surface area contributed by atoms with Gasteiger partial charge in [-0.2, -0.15) is 0 Å². The van der Waals surface area contributed by atoms with E-state index in [1.807, 2.05) is 0 Å². The van der Waals surface area contributed by atoms with Crippen molar-refractivity contribution in [3.63, 3.8) is 0 Å². The van der Waals surface area contributed by atoms with E-state index in [0.29, 0.717) is 5.69 Å². The van der Waals surface area contributed by atoms with E-state index in [9.17, 15) is 18.4 Å². The van der Waals surface area contributed by atoms with E-state index in [1.54, 1.807) is 30.3 Å². The van der Waals surface area contributed by atoms with Gasteiger partial charge in [-0.25, -0.2) is 13.7 Å². The normalized spacial score (nSPS) is 15.2. The van der Waals surface area contributed by atoms with Crippen molar-refractivity contribution in [3.8, 4) is 0 Å². The van der Waals surface area contributed by atoms with Crippen molar-refractivity contribution < 1.29 is 18.4 Å². The Bertz CT molecular complexity index is 529. The molecule has 0 fully saturated rings. The molecule has 1 aromatic carbocycles. The van der Waals surface area contributed by atoms with Crippen LogP contribution >= 0.6 is 0 Å². The Morgan fingerprint density at radius 3 is 2.42 bits per heavy atom. The molecule has 6 heteroatoms. The van der Waals surface area contributed by atoms with Crippen LogP contribution in [-0.4, -0.2) is 36.7 Å². The minimum atomic E-state index is -2.57. The van der Waals surface area contributed by atoms with Gasteiger partial charge in [0.2, 0.25) is 0 Å². The van der Waals surface area contributed by atoms with E-state index < -0.39 is 24.8 Å². The highest BCUT2D eigenvalue weighted by Crippen LogP contribution is 2.23. The van der Waals surface area contributed by atoms with Crippen molar-refractivity contribution in [1.29, 1.82) is 0 Å². The van der Waals surface area contributed by atoms with Crippen molar-refractivity contribution in [2.24, 2.45) is 0 Å². The molecule has 0 N–H and O–H groups in total. The first-order valence-corrected chi connectivity index (χ1v) is 5.65. The van der Waals surface area contributed by atoms with Crippen LogP contribution in [0.15, 0.2) is 42.1 Å². The number of hydrogen-bond acceptors (Lipinski definition) is 3. The molecule has 2 amide bonds. The second-order valence-electron chi connectivity index (χ2n) is 4.12. The van der Waals surface area contributed by atoms with Gasteiger partial charge in [0.25, 0.3) is 18.2 Å². The maximum absolute atomic E-state index is 12.3. The van der Waals surface area contributed by atoms with E-state index in [-0.39, 0.29) is 5.70 Å². The molecule has 0 saturated heterocycles. The molecule has 19 heavy (non-hydrogen) atoms. The van der Waals surface area contributed by atoms with Crippen molar-refractivity contribution in [2.75, 3.05) is 18.5 Å². The molecule has 0 bridgehead atoms. The van der Waals surface area contributed by atoms with Crippen LogP contribution in [0.4, 0.5) is 14.5 Å². The molecular weight excluding hydrogens is 254 g/mol. The number of carbonyl (C=O) groups is 2. The Morgan fingerprint density at radius 1 is 1.21 bits per heavy atom. The first-order valence-electron chi connectivity index (χ1n) is 5.65. The zero-order valence-electron chi connectivity index (χ0n) is 10.2. The van der Waals surface area contributed by atoms with Crippen molar-refractivity contribution in [1.82, 2.24) is 4.90 Å². The second kappa shape index (κ2) is 5.17. The molecule has 0 unspecified atom stereocenters. The smallest absolute Gasteiger partial charge is 0.281 e. The monoisotopic (exact) mass is 266 g/mol. The zero-order valence-corrected chi connectivity index (χ0v) is 10.2. The van der Waals surface area contributed by atoms with Gasteiger partial charge < -0.3 is 4.90 Å². The fourth-order valence-electron chi connectivity index (χ4n) is 1.86. The molecule has 1 aliphatic rings. The first kappa shape index (κ1) is 13.2. The molecule has 4 nitrogen and oxygen atoms in total. The van der Waals surface area contributed by atoms with E-state index in [4.69, 9.17) is 0 Å². The quantitative estimate of drug-likeness (QED) is 0.778.